The van der Waals surface area contributed by atoms with Gasteiger partial charge in [-0.2, -0.15) is 0 Å². The Kier molecular flexibility index (Phi) is 4.50. The van der Waals surface area contributed by atoms with E-state index in [1.807, 2.05) is 0 Å². The topological polar surface area (TPSA) is 62.3 Å². The molecular formula is C14H20FN3O. The monoisotopic (exact) mass is 265 g/mol. The first-order valence-corrected chi connectivity index (χ1v) is 6.47. The summed E-state index contributed by atoms with van der Waals surface area (Å²) < 4.78 is 18.6. The summed E-state index contributed by atoms with van der Waals surface area (Å²) in [5.41, 5.74) is 6.71. The number of benzene rings is 1. The number of methoxy groups -OCH3 is 1. The Bertz CT molecular complexity index is 460. The number of nitrogens with one attached hydrogen (secondary N) is 1. The van der Waals surface area contributed by atoms with E-state index in [-0.39, 0.29) is 11.7 Å². The van der Waals surface area contributed by atoms with Gasteiger partial charge in [-0.05, 0) is 36.6 Å². The Morgan fingerprint density at radius 1 is 1.47 bits per heavy atom. The SMILES string of the molecule is COCCN(Cc1cc(F)cc(C(=N)N)c1)C1CC1. The Balaban J connectivity index is 2.09. The maximum absolute atomic E-state index is 13.5. The molecule has 1 saturated carbocycles. The molecule has 1 aliphatic carbocycles. The molecule has 2 rings (SSSR count). The highest BCUT2D eigenvalue weighted by atomic mass is 19.1. The van der Waals surface area contributed by atoms with Crippen molar-refractivity contribution in [2.24, 2.45) is 5.73 Å². The lowest BCUT2D eigenvalue weighted by atomic mass is 10.1. The van der Waals surface area contributed by atoms with E-state index in [2.05, 4.69) is 4.90 Å². The number of ether oxygens (including phenoxy) is 1. The molecule has 0 atom stereocenters. The van der Waals surface area contributed by atoms with Crippen LogP contribution < -0.4 is 5.73 Å². The highest BCUT2D eigenvalue weighted by Crippen LogP contribution is 2.28. The average molecular weight is 265 g/mol. The number of nitrogens with zero attached hydrogens (tertiary/aromatic N) is 1. The van der Waals surface area contributed by atoms with Gasteiger partial charge in [-0.1, -0.05) is 0 Å². The van der Waals surface area contributed by atoms with Gasteiger partial charge in [0.1, 0.15) is 11.7 Å². The van der Waals surface area contributed by atoms with E-state index in [1.165, 1.54) is 25.0 Å². The Labute approximate surface area is 112 Å². The van der Waals surface area contributed by atoms with Gasteiger partial charge in [0.2, 0.25) is 0 Å². The van der Waals surface area contributed by atoms with E-state index in [0.717, 1.165) is 12.1 Å². The number of rotatable bonds is 7. The van der Waals surface area contributed by atoms with E-state index in [0.29, 0.717) is 24.8 Å². The van der Waals surface area contributed by atoms with Crippen LogP contribution in [0.5, 0.6) is 0 Å². The number of nitrogen functional groups attached to an aromatic ring is 1. The number of amidine groups is 1. The number of nitrogens with two attached hydrogens (primary N) is 1. The molecule has 0 aromatic heterocycles. The predicted molar refractivity (Wildman–Crippen MR) is 72.7 cm³/mol. The van der Waals surface area contributed by atoms with Crippen LogP contribution in [0.25, 0.3) is 0 Å². The van der Waals surface area contributed by atoms with Crippen molar-refractivity contribution in [1.29, 1.82) is 5.41 Å². The Morgan fingerprint density at radius 3 is 2.79 bits per heavy atom. The summed E-state index contributed by atoms with van der Waals surface area (Å²) in [6.45, 7) is 2.19. The fourth-order valence-corrected chi connectivity index (χ4v) is 2.17. The van der Waals surface area contributed by atoms with Gasteiger partial charge in [0, 0.05) is 31.8 Å². The molecule has 1 aromatic rings. The van der Waals surface area contributed by atoms with Gasteiger partial charge < -0.3 is 10.5 Å². The molecule has 0 unspecified atom stereocenters. The van der Waals surface area contributed by atoms with E-state index in [1.54, 1.807) is 13.2 Å². The molecule has 0 aliphatic heterocycles. The molecule has 1 aliphatic rings. The van der Waals surface area contributed by atoms with Crippen molar-refractivity contribution >= 4 is 5.84 Å². The van der Waals surface area contributed by atoms with Crippen molar-refractivity contribution in [3.8, 4) is 0 Å². The molecular weight excluding hydrogens is 245 g/mol. The molecule has 3 N–H and O–H groups in total. The molecule has 0 radical (unpaired) electrons. The molecule has 19 heavy (non-hydrogen) atoms. The summed E-state index contributed by atoms with van der Waals surface area (Å²) >= 11 is 0. The van der Waals surface area contributed by atoms with Crippen LogP contribution in [0.1, 0.15) is 24.0 Å². The van der Waals surface area contributed by atoms with Crippen molar-refractivity contribution in [3.05, 3.63) is 35.1 Å². The third kappa shape index (κ3) is 4.01. The molecule has 0 heterocycles. The van der Waals surface area contributed by atoms with E-state index < -0.39 is 0 Å². The number of halogens is 1. The van der Waals surface area contributed by atoms with Crippen LogP contribution in [0.15, 0.2) is 18.2 Å². The number of hydrogen-bond acceptors (Lipinski definition) is 3. The maximum atomic E-state index is 13.5. The standard InChI is InChI=1S/C14H20FN3O/c1-19-5-4-18(13-2-3-13)9-10-6-11(14(16)17)8-12(15)7-10/h6-8,13H,2-5,9H2,1H3,(H3,16,17). The largest absolute Gasteiger partial charge is 0.384 e. The smallest absolute Gasteiger partial charge is 0.124 e. The van der Waals surface area contributed by atoms with Crippen molar-refractivity contribution < 1.29 is 9.13 Å². The lowest BCUT2D eigenvalue weighted by molar-refractivity contribution is 0.139. The zero-order valence-electron chi connectivity index (χ0n) is 11.2. The fraction of sp³-hybridized carbons (Fsp3) is 0.500. The molecule has 0 bridgehead atoms. The Morgan fingerprint density at radius 2 is 2.21 bits per heavy atom. The minimum atomic E-state index is -0.342. The number of hydrogen-bond donors (Lipinski definition) is 2. The molecule has 104 valence electrons. The zero-order valence-corrected chi connectivity index (χ0v) is 11.2. The molecule has 1 aromatic carbocycles. The minimum absolute atomic E-state index is 0.101. The van der Waals surface area contributed by atoms with Crippen molar-refractivity contribution in [2.75, 3.05) is 20.3 Å². The van der Waals surface area contributed by atoms with Gasteiger partial charge in [-0.15, -0.1) is 0 Å². The zero-order chi connectivity index (χ0) is 13.8. The van der Waals surface area contributed by atoms with Crippen LogP contribution in [-0.4, -0.2) is 37.0 Å². The van der Waals surface area contributed by atoms with Gasteiger partial charge in [-0.3, -0.25) is 10.3 Å². The minimum Gasteiger partial charge on any atom is -0.384 e. The average Bonchev–Trinajstić information content (AvgIpc) is 3.17. The first-order valence-electron chi connectivity index (χ1n) is 6.47. The molecule has 0 saturated heterocycles. The first-order chi connectivity index (χ1) is 9.10. The van der Waals surface area contributed by atoms with Crippen molar-refractivity contribution in [1.82, 2.24) is 4.90 Å². The van der Waals surface area contributed by atoms with Gasteiger partial charge in [0.05, 0.1) is 6.61 Å². The predicted octanol–water partition coefficient (Wildman–Crippen LogP) is 1.72. The fourth-order valence-electron chi connectivity index (χ4n) is 2.17. The van der Waals surface area contributed by atoms with Gasteiger partial charge in [-0.25, -0.2) is 4.39 Å². The summed E-state index contributed by atoms with van der Waals surface area (Å²) in [5, 5.41) is 7.40. The summed E-state index contributed by atoms with van der Waals surface area (Å²) in [6.07, 6.45) is 2.39. The van der Waals surface area contributed by atoms with Crippen molar-refractivity contribution in [3.63, 3.8) is 0 Å². The third-order valence-corrected chi connectivity index (χ3v) is 3.30. The summed E-state index contributed by atoms with van der Waals surface area (Å²) in [4.78, 5) is 2.29. The summed E-state index contributed by atoms with van der Waals surface area (Å²) in [6, 6.07) is 5.17. The van der Waals surface area contributed by atoms with Gasteiger partial charge in [0.25, 0.3) is 0 Å². The highest BCUT2D eigenvalue weighted by Gasteiger charge is 2.28. The molecule has 0 spiro atoms. The second-order valence-corrected chi connectivity index (χ2v) is 4.96. The maximum Gasteiger partial charge on any atom is 0.124 e. The lowest BCUT2D eigenvalue weighted by Crippen LogP contribution is -2.29. The quantitative estimate of drug-likeness (QED) is 0.583. The molecule has 4 nitrogen and oxygen atoms in total. The molecule has 0 amide bonds. The highest BCUT2D eigenvalue weighted by molar-refractivity contribution is 5.95. The normalized spacial score (nSPS) is 14.9. The second kappa shape index (κ2) is 6.12. The van der Waals surface area contributed by atoms with Crippen molar-refractivity contribution in [2.45, 2.75) is 25.4 Å². The molecule has 5 heteroatoms. The van der Waals surface area contributed by atoms with Gasteiger partial charge in [0.15, 0.2) is 0 Å². The van der Waals surface area contributed by atoms with Crippen LogP contribution in [0.2, 0.25) is 0 Å². The third-order valence-electron chi connectivity index (χ3n) is 3.30. The van der Waals surface area contributed by atoms with Crippen LogP contribution in [0.4, 0.5) is 4.39 Å². The lowest BCUT2D eigenvalue weighted by Gasteiger charge is -2.22. The summed E-state index contributed by atoms with van der Waals surface area (Å²) in [5.74, 6) is -0.444. The van der Waals surface area contributed by atoms with Crippen LogP contribution >= 0.6 is 0 Å². The van der Waals surface area contributed by atoms with Crippen LogP contribution in [-0.2, 0) is 11.3 Å². The van der Waals surface area contributed by atoms with Crippen LogP contribution in [0.3, 0.4) is 0 Å². The van der Waals surface area contributed by atoms with E-state index in [9.17, 15) is 4.39 Å². The van der Waals surface area contributed by atoms with E-state index >= 15 is 0 Å². The molecule has 1 fully saturated rings. The Hall–Kier alpha value is -1.46. The summed E-state index contributed by atoms with van der Waals surface area (Å²) in [7, 11) is 1.68. The van der Waals surface area contributed by atoms with E-state index in [4.69, 9.17) is 15.9 Å². The van der Waals surface area contributed by atoms with Crippen LogP contribution in [0, 0.1) is 11.2 Å². The van der Waals surface area contributed by atoms with Gasteiger partial charge >= 0.3 is 0 Å². The second-order valence-electron chi connectivity index (χ2n) is 4.96. The first kappa shape index (κ1) is 14.0.